The minimum atomic E-state index is -2.88. The van der Waals surface area contributed by atoms with Crippen molar-refractivity contribution in [3.8, 4) is 5.88 Å². The Bertz CT molecular complexity index is 2340. The first-order chi connectivity index (χ1) is 27.5. The summed E-state index contributed by atoms with van der Waals surface area (Å²) < 4.78 is 51.9. The van der Waals surface area contributed by atoms with Gasteiger partial charge in [-0.05, 0) is 104 Å². The van der Waals surface area contributed by atoms with E-state index < -0.39 is 29.4 Å². The largest absolute Gasteiger partial charge is 0.481 e. The maximum atomic E-state index is 14.7. The summed E-state index contributed by atoms with van der Waals surface area (Å²) in [5.41, 5.74) is 1.41. The molecule has 58 heavy (non-hydrogen) atoms. The van der Waals surface area contributed by atoms with Crippen LogP contribution in [-0.4, -0.2) is 79.8 Å². The Balaban J connectivity index is 0.000000200. The van der Waals surface area contributed by atoms with Crippen LogP contribution in [0.2, 0.25) is 5.15 Å². The van der Waals surface area contributed by atoms with E-state index in [1.807, 2.05) is 26.8 Å². The van der Waals surface area contributed by atoms with Gasteiger partial charge < -0.3 is 30.0 Å². The van der Waals surface area contributed by atoms with E-state index in [9.17, 15) is 22.8 Å². The van der Waals surface area contributed by atoms with Crippen LogP contribution in [0.25, 0.3) is 22.1 Å². The van der Waals surface area contributed by atoms with E-state index in [1.54, 1.807) is 38.8 Å². The number of H-pyrrole nitrogens is 1. The number of amides is 1. The number of pyridine rings is 2. The number of alkyl halides is 2. The summed E-state index contributed by atoms with van der Waals surface area (Å²) in [6, 6.07) is 7.19. The molecule has 13 nitrogen and oxygen atoms in total. The quantitative estimate of drug-likeness (QED) is 0.135. The zero-order chi connectivity index (χ0) is 41.9. The van der Waals surface area contributed by atoms with Crippen molar-refractivity contribution in [2.45, 2.75) is 97.1 Å². The third kappa shape index (κ3) is 9.77. The van der Waals surface area contributed by atoms with Crippen LogP contribution >= 0.6 is 11.6 Å². The van der Waals surface area contributed by atoms with E-state index in [-0.39, 0.29) is 29.1 Å². The number of anilines is 1. The fourth-order valence-corrected chi connectivity index (χ4v) is 7.66. The molecule has 1 atom stereocenters. The van der Waals surface area contributed by atoms with Gasteiger partial charge in [0, 0.05) is 29.8 Å². The summed E-state index contributed by atoms with van der Waals surface area (Å²) >= 11 is 6.21. The predicted octanol–water partition coefficient (Wildman–Crippen LogP) is 8.45. The number of nitrogens with one attached hydrogen (secondary N) is 3. The number of nitrogens with zero attached hydrogens (tertiary/aromatic N) is 6. The van der Waals surface area contributed by atoms with Crippen LogP contribution in [0.3, 0.4) is 0 Å². The molecule has 0 radical (unpaired) electrons. The van der Waals surface area contributed by atoms with Gasteiger partial charge in [-0.3, -0.25) is 4.79 Å². The molecule has 2 aliphatic heterocycles. The molecule has 3 N–H and O–H groups in total. The number of aryl methyl sites for hydroxylation is 2. The number of fused-ring (bicyclic) bond motifs is 2. The van der Waals surface area contributed by atoms with Gasteiger partial charge in [-0.15, -0.1) is 0 Å². The number of rotatable bonds is 7. The number of carbonyl (C=O) groups is 1. The number of ether oxygens (including phenoxy) is 2. The van der Waals surface area contributed by atoms with Crippen molar-refractivity contribution >= 4 is 45.6 Å². The Kier molecular flexibility index (Phi) is 13.1. The lowest BCUT2D eigenvalue weighted by molar-refractivity contribution is 0.0204. The van der Waals surface area contributed by atoms with Gasteiger partial charge in [-0.1, -0.05) is 29.8 Å². The van der Waals surface area contributed by atoms with Gasteiger partial charge in [-0.25, -0.2) is 37.9 Å². The summed E-state index contributed by atoms with van der Waals surface area (Å²) in [5, 5.41) is 8.19. The summed E-state index contributed by atoms with van der Waals surface area (Å²) in [4.78, 5) is 51.1. The molecule has 0 unspecified atom stereocenters. The molecule has 1 amide bonds. The Labute approximate surface area is 339 Å². The highest BCUT2D eigenvalue weighted by atomic mass is 35.5. The van der Waals surface area contributed by atoms with E-state index in [0.717, 1.165) is 37.6 Å². The van der Waals surface area contributed by atoms with Gasteiger partial charge in [0.1, 0.15) is 39.7 Å². The van der Waals surface area contributed by atoms with Gasteiger partial charge in [0.25, 0.3) is 12.0 Å². The van der Waals surface area contributed by atoms with Crippen LogP contribution in [-0.2, 0) is 4.74 Å². The van der Waals surface area contributed by atoms with E-state index >= 15 is 0 Å². The molecule has 0 saturated carbocycles. The van der Waals surface area contributed by atoms with Crippen molar-refractivity contribution in [1.82, 2.24) is 40.1 Å². The first-order valence-corrected chi connectivity index (χ1v) is 19.7. The molecule has 6 heterocycles. The highest BCUT2D eigenvalue weighted by molar-refractivity contribution is 6.33. The minimum Gasteiger partial charge on any atom is -0.481 e. The van der Waals surface area contributed by atoms with Crippen molar-refractivity contribution in [1.29, 1.82) is 0 Å². The average Bonchev–Trinajstić information content (AvgIpc) is 3.17. The summed E-state index contributed by atoms with van der Waals surface area (Å²) in [6.45, 7) is 13.6. The van der Waals surface area contributed by atoms with Crippen molar-refractivity contribution in [2.24, 2.45) is 0 Å². The summed E-state index contributed by atoms with van der Waals surface area (Å²) in [5.74, 6) is 1.45. The number of aromatic nitrogens is 6. The second kappa shape index (κ2) is 17.8. The SMILES string of the molecule is COc1nc2nc(C)nc(N[C@H](C)c3cccc(C(F)F)c3F)c2cc1C1CCNCC1.Cc1nc(Cl)c2cc(C3CCN(C(=O)OC(C)(C)C)CC3)c(=O)[nH]c2n1. The number of halogens is 4. The molecule has 4 aromatic heterocycles. The normalized spacial score (nSPS) is 16.0. The first kappa shape index (κ1) is 42.5. The number of carbonyl (C=O) groups excluding carboxylic acids is 1. The van der Waals surface area contributed by atoms with Crippen LogP contribution in [0.4, 0.5) is 23.8 Å². The van der Waals surface area contributed by atoms with E-state index in [0.29, 0.717) is 82.1 Å². The Morgan fingerprint density at radius 2 is 1.57 bits per heavy atom. The van der Waals surface area contributed by atoms with Gasteiger partial charge >= 0.3 is 6.09 Å². The molecule has 310 valence electrons. The molecule has 1 aromatic carbocycles. The zero-order valence-corrected chi connectivity index (χ0v) is 34.4. The van der Waals surface area contributed by atoms with Gasteiger partial charge in [-0.2, -0.15) is 4.98 Å². The molecule has 0 bridgehead atoms. The van der Waals surface area contributed by atoms with Gasteiger partial charge in [0.15, 0.2) is 5.65 Å². The van der Waals surface area contributed by atoms with Gasteiger partial charge in [0.2, 0.25) is 5.88 Å². The lowest BCUT2D eigenvalue weighted by Crippen LogP contribution is -2.41. The molecule has 17 heteroatoms. The zero-order valence-electron chi connectivity index (χ0n) is 33.7. The van der Waals surface area contributed by atoms with Crippen molar-refractivity contribution in [2.75, 3.05) is 38.6 Å². The average molecular weight is 824 g/mol. The van der Waals surface area contributed by atoms with Crippen molar-refractivity contribution < 1.29 is 27.4 Å². The lowest BCUT2D eigenvalue weighted by atomic mass is 9.90. The maximum Gasteiger partial charge on any atom is 0.410 e. The monoisotopic (exact) mass is 823 g/mol. The molecule has 7 rings (SSSR count). The van der Waals surface area contributed by atoms with Crippen LogP contribution in [0, 0.1) is 19.7 Å². The third-order valence-electron chi connectivity index (χ3n) is 10.3. The smallest absolute Gasteiger partial charge is 0.410 e. The highest BCUT2D eigenvalue weighted by Gasteiger charge is 2.29. The molecule has 2 aliphatic rings. The fraction of sp³-hybridized carbons (Fsp3) is 0.488. The number of piperidine rings is 2. The van der Waals surface area contributed by atoms with Crippen LogP contribution in [0.1, 0.15) is 112 Å². The molecular formula is C41H49ClF3N9O4. The second-order valence-electron chi connectivity index (χ2n) is 15.6. The van der Waals surface area contributed by atoms with Crippen LogP contribution in [0.5, 0.6) is 5.88 Å². The number of hydrogen-bond donors (Lipinski definition) is 3. The Hall–Kier alpha value is -5.09. The van der Waals surface area contributed by atoms with E-state index in [4.69, 9.17) is 21.1 Å². The number of aromatic amines is 1. The first-order valence-electron chi connectivity index (χ1n) is 19.3. The molecule has 0 spiro atoms. The lowest BCUT2D eigenvalue weighted by Gasteiger charge is -2.33. The molecule has 2 fully saturated rings. The Morgan fingerprint density at radius 3 is 2.22 bits per heavy atom. The molecule has 5 aromatic rings. The maximum absolute atomic E-state index is 14.7. The molecular weight excluding hydrogens is 775 g/mol. The molecule has 2 saturated heterocycles. The van der Waals surface area contributed by atoms with Crippen LogP contribution in [0.15, 0.2) is 35.1 Å². The topological polar surface area (TPSA) is 160 Å². The number of benzene rings is 1. The van der Waals surface area contributed by atoms with Crippen LogP contribution < -0.4 is 20.9 Å². The number of hydrogen-bond acceptors (Lipinski definition) is 11. The number of methoxy groups -OCH3 is 1. The standard InChI is InChI=1S/C23H26F3N5O.C18H23ClN4O3/c1-12(15-5-4-6-16(19(15)24)20(25)26)28-21-18-11-17(14-7-9-27-10-8-14)23(32-3)31-22(18)30-13(2)29-21;1-10-20-14(19)13-9-12(16(24)22-15(13)21-10)11-5-7-23(8-6-11)17(25)26-18(2,3)4/h4-6,11-12,14,20,27H,7-10H2,1-3H3,(H,28,29,30,31);9,11H,5-8H2,1-4H3,(H,20,21,22,24)/t12-;/m1./s1. The van der Waals surface area contributed by atoms with Crippen molar-refractivity contribution in [3.05, 3.63) is 85.6 Å². The molecule has 0 aliphatic carbocycles. The minimum absolute atomic E-state index is 0.0548. The number of likely N-dealkylation sites (tertiary alicyclic amines) is 1. The third-order valence-corrected chi connectivity index (χ3v) is 10.6. The highest BCUT2D eigenvalue weighted by Crippen LogP contribution is 2.37. The van der Waals surface area contributed by atoms with Gasteiger partial charge in [0.05, 0.1) is 29.5 Å². The fourth-order valence-electron chi connectivity index (χ4n) is 7.39. The summed E-state index contributed by atoms with van der Waals surface area (Å²) in [7, 11) is 1.59. The summed E-state index contributed by atoms with van der Waals surface area (Å²) in [6.07, 6.45) is 0.113. The second-order valence-corrected chi connectivity index (χ2v) is 16.0. The van der Waals surface area contributed by atoms with E-state index in [2.05, 4.69) is 40.5 Å². The van der Waals surface area contributed by atoms with E-state index in [1.165, 1.54) is 12.1 Å². The predicted molar refractivity (Wildman–Crippen MR) is 217 cm³/mol. The van der Waals surface area contributed by atoms with Crippen molar-refractivity contribution in [3.63, 3.8) is 0 Å². The Morgan fingerprint density at radius 1 is 0.931 bits per heavy atom.